The molecule has 0 radical (unpaired) electrons. The molecule has 1 unspecified atom stereocenters. The van der Waals surface area contributed by atoms with Gasteiger partial charge in [-0.15, -0.1) is 0 Å². The van der Waals surface area contributed by atoms with Crippen LogP contribution in [0.15, 0.2) is 23.1 Å². The predicted molar refractivity (Wildman–Crippen MR) is 104 cm³/mol. The maximum atomic E-state index is 14.5. The van der Waals surface area contributed by atoms with E-state index in [1.807, 2.05) is 4.68 Å². The Balaban J connectivity index is 1.67. The Bertz CT molecular complexity index is 980. The highest BCUT2D eigenvalue weighted by Crippen LogP contribution is 2.41. The fourth-order valence-electron chi connectivity index (χ4n) is 4.30. The van der Waals surface area contributed by atoms with E-state index in [4.69, 9.17) is 14.6 Å². The topological polar surface area (TPSA) is 73.7 Å². The van der Waals surface area contributed by atoms with Crippen molar-refractivity contribution in [2.75, 3.05) is 39.5 Å². The molecule has 0 N–H and O–H groups in total. The van der Waals surface area contributed by atoms with Crippen LogP contribution in [0.2, 0.25) is 0 Å². The first-order valence-electron chi connectivity index (χ1n) is 9.88. The minimum absolute atomic E-state index is 0.0615. The Morgan fingerprint density at radius 1 is 1.14 bits per heavy atom. The average Bonchev–Trinajstić information content (AvgIpc) is 3.14. The fourth-order valence-corrected chi connectivity index (χ4v) is 5.68. The van der Waals surface area contributed by atoms with Gasteiger partial charge in [0.25, 0.3) is 5.91 Å². The van der Waals surface area contributed by atoms with Crippen molar-refractivity contribution in [1.29, 1.82) is 0 Å². The monoisotopic (exact) mass is 419 g/mol. The van der Waals surface area contributed by atoms with Crippen LogP contribution in [0.3, 0.4) is 0 Å². The van der Waals surface area contributed by atoms with Crippen molar-refractivity contribution in [3.8, 4) is 11.3 Å². The molecule has 1 amide bonds. The second-order valence-corrected chi connectivity index (χ2v) is 8.86. The van der Waals surface area contributed by atoms with Gasteiger partial charge in [-0.05, 0) is 18.9 Å². The first-order chi connectivity index (χ1) is 14.1. The molecule has 1 atom stereocenters. The quantitative estimate of drug-likeness (QED) is 0.746. The Morgan fingerprint density at radius 3 is 2.62 bits per heavy atom. The maximum Gasteiger partial charge on any atom is 0.274 e. The van der Waals surface area contributed by atoms with Crippen LogP contribution in [-0.2, 0) is 26.0 Å². The Labute approximate surface area is 170 Å². The number of aromatic nitrogens is 2. The van der Waals surface area contributed by atoms with Gasteiger partial charge in [0.05, 0.1) is 46.4 Å². The number of hydrogen-bond acceptors (Lipinski definition) is 5. The predicted octanol–water partition coefficient (Wildman–Crippen LogP) is 2.13. The highest BCUT2D eigenvalue weighted by Gasteiger charge is 2.36. The molecule has 0 spiro atoms. The highest BCUT2D eigenvalue weighted by atomic mass is 32.2. The van der Waals surface area contributed by atoms with Crippen LogP contribution in [0.5, 0.6) is 0 Å². The lowest BCUT2D eigenvalue weighted by molar-refractivity contribution is 0.0296. The number of fused-ring (bicyclic) bond motifs is 3. The molecular weight excluding hydrogens is 397 g/mol. The molecule has 1 aromatic carbocycles. The minimum atomic E-state index is -1.56. The molecular formula is C20H22FN3O4S. The van der Waals surface area contributed by atoms with Crippen molar-refractivity contribution in [1.82, 2.24) is 14.7 Å². The van der Waals surface area contributed by atoms with Crippen molar-refractivity contribution >= 4 is 16.7 Å². The molecule has 154 valence electrons. The third-order valence-corrected chi connectivity index (χ3v) is 7.19. The standard InChI is InChI=1S/C20H22FN3O4S/c21-16-3-1-2-14-18-15(12-29(26)19(14)16)17(20(25)23-6-10-28-11-7-23)22-24(18)13-4-8-27-9-5-13/h1-3,13H,4-12H2. The van der Waals surface area contributed by atoms with Crippen LogP contribution < -0.4 is 0 Å². The number of morpholine rings is 1. The number of carbonyl (C=O) groups excluding carboxylic acids is 1. The Hall–Kier alpha value is -2.10. The summed E-state index contributed by atoms with van der Waals surface area (Å²) in [6.07, 6.45) is 1.54. The first-order valence-corrected chi connectivity index (χ1v) is 11.2. The molecule has 2 fully saturated rings. The summed E-state index contributed by atoms with van der Waals surface area (Å²) in [6.45, 7) is 3.24. The molecule has 5 rings (SSSR count). The number of ether oxygens (including phenoxy) is 2. The zero-order valence-corrected chi connectivity index (χ0v) is 16.8. The summed E-state index contributed by atoms with van der Waals surface area (Å²) in [5, 5.41) is 4.73. The summed E-state index contributed by atoms with van der Waals surface area (Å²) in [5.41, 5.74) is 2.29. The van der Waals surface area contributed by atoms with Crippen LogP contribution in [0, 0.1) is 5.82 Å². The van der Waals surface area contributed by atoms with E-state index in [-0.39, 0.29) is 22.6 Å². The summed E-state index contributed by atoms with van der Waals surface area (Å²) in [6, 6.07) is 4.78. The maximum absolute atomic E-state index is 14.5. The number of hydrogen-bond donors (Lipinski definition) is 0. The van der Waals surface area contributed by atoms with Gasteiger partial charge >= 0.3 is 0 Å². The van der Waals surface area contributed by atoms with Gasteiger partial charge in [-0.3, -0.25) is 13.7 Å². The van der Waals surface area contributed by atoms with Gasteiger partial charge in [0.1, 0.15) is 5.82 Å². The Morgan fingerprint density at radius 2 is 1.86 bits per heavy atom. The lowest BCUT2D eigenvalue weighted by atomic mass is 10.0. The molecule has 9 heteroatoms. The molecule has 29 heavy (non-hydrogen) atoms. The summed E-state index contributed by atoms with van der Waals surface area (Å²) in [7, 11) is -1.56. The van der Waals surface area contributed by atoms with Crippen LogP contribution in [0.4, 0.5) is 4.39 Å². The second-order valence-electron chi connectivity index (χ2n) is 7.47. The van der Waals surface area contributed by atoms with E-state index in [0.29, 0.717) is 56.3 Å². The number of benzene rings is 1. The van der Waals surface area contributed by atoms with E-state index >= 15 is 0 Å². The van der Waals surface area contributed by atoms with Gasteiger partial charge in [-0.1, -0.05) is 12.1 Å². The number of amides is 1. The number of rotatable bonds is 2. The van der Waals surface area contributed by atoms with Gasteiger partial charge in [0.2, 0.25) is 0 Å². The van der Waals surface area contributed by atoms with E-state index in [2.05, 4.69) is 0 Å². The van der Waals surface area contributed by atoms with Gasteiger partial charge < -0.3 is 14.4 Å². The van der Waals surface area contributed by atoms with Gasteiger partial charge in [-0.2, -0.15) is 5.10 Å². The van der Waals surface area contributed by atoms with Gasteiger partial charge in [0, 0.05) is 37.4 Å². The molecule has 3 aliphatic rings. The van der Waals surface area contributed by atoms with Crippen molar-refractivity contribution in [2.45, 2.75) is 29.5 Å². The van der Waals surface area contributed by atoms with Crippen LogP contribution in [0.25, 0.3) is 11.3 Å². The van der Waals surface area contributed by atoms with E-state index in [9.17, 15) is 13.4 Å². The van der Waals surface area contributed by atoms with Crippen LogP contribution in [0.1, 0.15) is 34.9 Å². The van der Waals surface area contributed by atoms with E-state index < -0.39 is 16.6 Å². The molecule has 2 saturated heterocycles. The average molecular weight is 419 g/mol. The zero-order chi connectivity index (χ0) is 20.0. The smallest absolute Gasteiger partial charge is 0.274 e. The SMILES string of the molecule is O=C(c1nn(C2CCOCC2)c2c1CS(=O)c1c(F)cccc1-2)N1CCOCC1. The summed E-state index contributed by atoms with van der Waals surface area (Å²) in [5.74, 6) is -0.558. The largest absolute Gasteiger partial charge is 0.381 e. The molecule has 1 aromatic heterocycles. The van der Waals surface area contributed by atoms with Crippen LogP contribution >= 0.6 is 0 Å². The molecule has 3 aliphatic heterocycles. The molecule has 0 aliphatic carbocycles. The fraction of sp³-hybridized carbons (Fsp3) is 0.500. The van der Waals surface area contributed by atoms with Gasteiger partial charge in [0.15, 0.2) is 5.69 Å². The Kier molecular flexibility index (Phi) is 4.97. The summed E-state index contributed by atoms with van der Waals surface area (Å²) < 4.78 is 40.1. The second kappa shape index (κ2) is 7.62. The van der Waals surface area contributed by atoms with Crippen molar-refractivity contribution in [3.63, 3.8) is 0 Å². The lowest BCUT2D eigenvalue weighted by Crippen LogP contribution is -2.41. The zero-order valence-electron chi connectivity index (χ0n) is 15.9. The summed E-state index contributed by atoms with van der Waals surface area (Å²) in [4.78, 5) is 15.2. The van der Waals surface area contributed by atoms with E-state index in [1.54, 1.807) is 17.0 Å². The van der Waals surface area contributed by atoms with Crippen molar-refractivity contribution in [3.05, 3.63) is 35.3 Å². The highest BCUT2D eigenvalue weighted by molar-refractivity contribution is 7.84. The number of nitrogens with zero attached hydrogens (tertiary/aromatic N) is 3. The third-order valence-electron chi connectivity index (χ3n) is 5.77. The molecule has 0 saturated carbocycles. The first kappa shape index (κ1) is 18.9. The molecule has 2 aromatic rings. The van der Waals surface area contributed by atoms with Crippen molar-refractivity contribution in [2.24, 2.45) is 0 Å². The lowest BCUT2D eigenvalue weighted by Gasteiger charge is -2.26. The van der Waals surface area contributed by atoms with Gasteiger partial charge in [-0.25, -0.2) is 4.39 Å². The van der Waals surface area contributed by atoms with E-state index in [0.717, 1.165) is 18.5 Å². The summed E-state index contributed by atoms with van der Waals surface area (Å²) >= 11 is 0. The number of carbonyl (C=O) groups is 1. The molecule has 7 nitrogen and oxygen atoms in total. The van der Waals surface area contributed by atoms with Crippen LogP contribution in [-0.4, -0.2) is 64.3 Å². The normalized spacial score (nSPS) is 22.2. The molecule has 0 bridgehead atoms. The minimum Gasteiger partial charge on any atom is -0.381 e. The molecule has 4 heterocycles. The number of halogens is 1. The van der Waals surface area contributed by atoms with E-state index in [1.165, 1.54) is 6.07 Å². The third kappa shape index (κ3) is 3.21. The van der Waals surface area contributed by atoms with Crippen molar-refractivity contribution < 1.29 is 22.9 Å².